The number of aryl methyl sites for hydroxylation is 1. The van der Waals surface area contributed by atoms with Gasteiger partial charge in [-0.05, 0) is 6.42 Å². The number of imidazole rings is 1. The Morgan fingerprint density at radius 2 is 2.13 bits per heavy atom. The maximum atomic E-state index is 9.18. The first-order valence-corrected chi connectivity index (χ1v) is 5.73. The summed E-state index contributed by atoms with van der Waals surface area (Å²) in [5.41, 5.74) is -0.0401. The van der Waals surface area contributed by atoms with Crippen molar-refractivity contribution in [3.8, 4) is 0 Å². The van der Waals surface area contributed by atoms with Gasteiger partial charge in [0.25, 0.3) is 0 Å². The molecule has 0 aliphatic heterocycles. The number of hydrogen-bond donors (Lipinski definition) is 1. The Labute approximate surface area is 92.4 Å². The van der Waals surface area contributed by atoms with Crippen LogP contribution in [0, 0.1) is 5.41 Å². The van der Waals surface area contributed by atoms with Gasteiger partial charge in [0, 0.05) is 5.41 Å². The van der Waals surface area contributed by atoms with Gasteiger partial charge in [-0.1, -0.05) is 27.2 Å². The number of unbranched alkanes of at least 4 members (excludes halogenated alkanes) is 1. The molecule has 0 saturated heterocycles. The van der Waals surface area contributed by atoms with E-state index < -0.39 is 0 Å². The fourth-order valence-corrected chi connectivity index (χ4v) is 1.55. The quantitative estimate of drug-likeness (QED) is 0.711. The molecule has 1 aromatic heterocycles. The third-order valence-electron chi connectivity index (χ3n) is 2.55. The number of nitrogens with zero attached hydrogens (tertiary/aromatic N) is 2. The zero-order chi connectivity index (χ0) is 11.3. The van der Waals surface area contributed by atoms with E-state index in [9.17, 15) is 5.11 Å². The summed E-state index contributed by atoms with van der Waals surface area (Å²) in [5.74, 6) is 0. The fraction of sp³-hybridized carbons (Fsp3) is 0.750. The van der Waals surface area contributed by atoms with Gasteiger partial charge in [-0.25, -0.2) is 9.13 Å². The minimum absolute atomic E-state index is 0.0401. The van der Waals surface area contributed by atoms with Crippen LogP contribution in [0.4, 0.5) is 0 Å². The molecule has 0 saturated carbocycles. The van der Waals surface area contributed by atoms with Gasteiger partial charge >= 0.3 is 0 Å². The standard InChI is InChI=1S/C12H23N2O/c1-4-5-6-13-7-8-14(11-13)9-12(2,3)10-15/h7-8,11,15H,4-6,9-10H2,1-3H3/q+1. The molecule has 1 N–H and O–H groups in total. The maximum Gasteiger partial charge on any atom is 0.243 e. The molecule has 0 fully saturated rings. The van der Waals surface area contributed by atoms with Crippen molar-refractivity contribution in [3.05, 3.63) is 18.7 Å². The summed E-state index contributed by atoms with van der Waals surface area (Å²) >= 11 is 0. The summed E-state index contributed by atoms with van der Waals surface area (Å²) in [6.07, 6.45) is 8.74. The largest absolute Gasteiger partial charge is 0.396 e. The van der Waals surface area contributed by atoms with Crippen LogP contribution < -0.4 is 4.57 Å². The molecule has 1 heterocycles. The number of aromatic nitrogens is 2. The van der Waals surface area contributed by atoms with Gasteiger partial charge < -0.3 is 5.11 Å². The van der Waals surface area contributed by atoms with Crippen LogP contribution in [-0.4, -0.2) is 16.3 Å². The van der Waals surface area contributed by atoms with Crippen molar-refractivity contribution in [1.29, 1.82) is 0 Å². The molecule has 0 atom stereocenters. The van der Waals surface area contributed by atoms with Crippen LogP contribution >= 0.6 is 0 Å². The minimum Gasteiger partial charge on any atom is -0.396 e. The van der Waals surface area contributed by atoms with E-state index in [0.717, 1.165) is 13.1 Å². The summed E-state index contributed by atoms with van der Waals surface area (Å²) in [6, 6.07) is 0. The number of aliphatic hydroxyl groups excluding tert-OH is 1. The highest BCUT2D eigenvalue weighted by atomic mass is 16.3. The summed E-state index contributed by atoms with van der Waals surface area (Å²) < 4.78 is 4.35. The molecule has 0 unspecified atom stereocenters. The topological polar surface area (TPSA) is 29.0 Å². The maximum absolute atomic E-state index is 9.18. The van der Waals surface area contributed by atoms with Crippen LogP contribution in [0.25, 0.3) is 0 Å². The molecule has 15 heavy (non-hydrogen) atoms. The Kier molecular flexibility index (Phi) is 4.33. The van der Waals surface area contributed by atoms with Crippen LogP contribution in [0.2, 0.25) is 0 Å². The van der Waals surface area contributed by atoms with Crippen LogP contribution in [0.5, 0.6) is 0 Å². The second-order valence-corrected chi connectivity index (χ2v) is 5.00. The van der Waals surface area contributed by atoms with E-state index in [2.05, 4.69) is 48.6 Å². The van der Waals surface area contributed by atoms with E-state index in [1.807, 2.05) is 0 Å². The van der Waals surface area contributed by atoms with Crippen LogP contribution in [0.3, 0.4) is 0 Å². The van der Waals surface area contributed by atoms with E-state index in [-0.39, 0.29) is 12.0 Å². The first-order valence-electron chi connectivity index (χ1n) is 5.73. The lowest BCUT2D eigenvalue weighted by molar-refractivity contribution is -0.708. The predicted molar refractivity (Wildman–Crippen MR) is 60.4 cm³/mol. The first kappa shape index (κ1) is 12.2. The molecule has 86 valence electrons. The molecule has 0 amide bonds. The van der Waals surface area contributed by atoms with Crippen molar-refractivity contribution in [3.63, 3.8) is 0 Å². The summed E-state index contributed by atoms with van der Waals surface area (Å²) in [5, 5.41) is 9.18. The number of aliphatic hydroxyl groups is 1. The molecular weight excluding hydrogens is 188 g/mol. The Balaban J connectivity index is 2.52. The summed E-state index contributed by atoms with van der Waals surface area (Å²) in [7, 11) is 0. The van der Waals surface area contributed by atoms with E-state index in [4.69, 9.17) is 0 Å². The van der Waals surface area contributed by atoms with E-state index in [1.54, 1.807) is 0 Å². The average molecular weight is 211 g/mol. The van der Waals surface area contributed by atoms with Gasteiger partial charge in [0.05, 0.1) is 19.7 Å². The van der Waals surface area contributed by atoms with Crippen molar-refractivity contribution < 1.29 is 9.67 Å². The lowest BCUT2D eigenvalue weighted by Gasteiger charge is -2.18. The zero-order valence-electron chi connectivity index (χ0n) is 10.1. The molecule has 0 radical (unpaired) electrons. The lowest BCUT2D eigenvalue weighted by Crippen LogP contribution is -2.41. The van der Waals surface area contributed by atoms with E-state index in [0.29, 0.717) is 0 Å². The molecule has 1 aromatic rings. The molecule has 0 spiro atoms. The molecule has 0 bridgehead atoms. The minimum atomic E-state index is -0.0401. The van der Waals surface area contributed by atoms with Crippen LogP contribution in [-0.2, 0) is 13.1 Å². The van der Waals surface area contributed by atoms with Gasteiger partial charge in [-0.2, -0.15) is 0 Å². The normalized spacial score (nSPS) is 12.0. The van der Waals surface area contributed by atoms with Crippen molar-refractivity contribution in [2.45, 2.75) is 46.7 Å². The highest BCUT2D eigenvalue weighted by Gasteiger charge is 2.20. The van der Waals surface area contributed by atoms with Crippen LogP contribution in [0.1, 0.15) is 33.6 Å². The highest BCUT2D eigenvalue weighted by Crippen LogP contribution is 2.12. The Bertz CT molecular complexity index is 292. The number of rotatable bonds is 6. The molecule has 3 nitrogen and oxygen atoms in total. The Morgan fingerprint density at radius 3 is 2.73 bits per heavy atom. The molecule has 0 aliphatic carbocycles. The fourth-order valence-electron chi connectivity index (χ4n) is 1.55. The van der Waals surface area contributed by atoms with Crippen molar-refractivity contribution in [2.75, 3.05) is 6.61 Å². The SMILES string of the molecule is CCCCn1cc[n+](CC(C)(C)CO)c1. The van der Waals surface area contributed by atoms with E-state index in [1.165, 1.54) is 12.8 Å². The second kappa shape index (κ2) is 5.31. The first-order chi connectivity index (χ1) is 7.07. The highest BCUT2D eigenvalue weighted by molar-refractivity contribution is 4.68. The van der Waals surface area contributed by atoms with Gasteiger partial charge in [-0.3, -0.25) is 0 Å². The van der Waals surface area contributed by atoms with E-state index >= 15 is 0 Å². The van der Waals surface area contributed by atoms with Crippen molar-refractivity contribution in [2.24, 2.45) is 5.41 Å². The molecule has 0 aliphatic rings. The predicted octanol–water partition coefficient (Wildman–Crippen LogP) is 1.59. The zero-order valence-corrected chi connectivity index (χ0v) is 10.1. The molecule has 1 rings (SSSR count). The Morgan fingerprint density at radius 1 is 1.40 bits per heavy atom. The monoisotopic (exact) mass is 211 g/mol. The smallest absolute Gasteiger partial charge is 0.243 e. The van der Waals surface area contributed by atoms with Gasteiger partial charge in [-0.15, -0.1) is 0 Å². The molecule has 0 aromatic carbocycles. The Hall–Kier alpha value is -0.830. The van der Waals surface area contributed by atoms with Crippen LogP contribution in [0.15, 0.2) is 18.7 Å². The lowest BCUT2D eigenvalue weighted by atomic mass is 9.95. The van der Waals surface area contributed by atoms with Gasteiger partial charge in [0.15, 0.2) is 0 Å². The molecule has 3 heteroatoms. The summed E-state index contributed by atoms with van der Waals surface area (Å²) in [6.45, 7) is 8.52. The van der Waals surface area contributed by atoms with Crippen molar-refractivity contribution in [1.82, 2.24) is 4.57 Å². The van der Waals surface area contributed by atoms with Gasteiger partial charge in [0.1, 0.15) is 12.4 Å². The second-order valence-electron chi connectivity index (χ2n) is 5.00. The van der Waals surface area contributed by atoms with Gasteiger partial charge in [0.2, 0.25) is 6.33 Å². The third-order valence-corrected chi connectivity index (χ3v) is 2.55. The molecular formula is C12H23N2O+. The average Bonchev–Trinajstić information content (AvgIpc) is 2.62. The third kappa shape index (κ3) is 4.04. The summed E-state index contributed by atoms with van der Waals surface area (Å²) in [4.78, 5) is 0. The number of hydrogen-bond acceptors (Lipinski definition) is 1. The van der Waals surface area contributed by atoms with Crippen molar-refractivity contribution >= 4 is 0 Å².